The van der Waals surface area contributed by atoms with Gasteiger partial charge in [-0.15, -0.1) is 11.8 Å². The van der Waals surface area contributed by atoms with Crippen molar-refractivity contribution >= 4 is 17.6 Å². The fourth-order valence-corrected chi connectivity index (χ4v) is 1.69. The largest absolute Gasteiger partial charge is 0.494 e. The van der Waals surface area contributed by atoms with Gasteiger partial charge in [0.15, 0.2) is 0 Å². The number of nitrogens with two attached hydrogens (primary N) is 1. The van der Waals surface area contributed by atoms with E-state index in [9.17, 15) is 0 Å². The number of thioether (sulfide) groups is 1. The smallest absolute Gasteiger partial charge is 0.119 e. The Bertz CT molecular complexity index is 324. The Hall–Kier alpha value is -1.16. The standard InChI is InChI=1S/C12H18N2OS/c1-16-11-7-5-10(6-8-11)15-9-3-2-4-12(13)14/h5-8H,2-4,9H2,1H3,(H3,13,14). The van der Waals surface area contributed by atoms with Gasteiger partial charge in [0.25, 0.3) is 0 Å². The zero-order valence-electron chi connectivity index (χ0n) is 9.53. The minimum absolute atomic E-state index is 0.254. The molecule has 0 aliphatic carbocycles. The van der Waals surface area contributed by atoms with Crippen LogP contribution in [-0.2, 0) is 0 Å². The molecule has 3 nitrogen and oxygen atoms in total. The van der Waals surface area contributed by atoms with Gasteiger partial charge in [0.1, 0.15) is 5.75 Å². The summed E-state index contributed by atoms with van der Waals surface area (Å²) in [7, 11) is 0. The van der Waals surface area contributed by atoms with Gasteiger partial charge in [-0.1, -0.05) is 0 Å². The third kappa shape index (κ3) is 5.07. The lowest BCUT2D eigenvalue weighted by Crippen LogP contribution is -2.09. The third-order valence-corrected chi connectivity index (χ3v) is 2.91. The van der Waals surface area contributed by atoms with Crippen molar-refractivity contribution in [1.82, 2.24) is 0 Å². The Kier molecular flexibility index (Phi) is 5.78. The summed E-state index contributed by atoms with van der Waals surface area (Å²) in [5.41, 5.74) is 5.26. The summed E-state index contributed by atoms with van der Waals surface area (Å²) in [6, 6.07) is 8.07. The monoisotopic (exact) mass is 238 g/mol. The summed E-state index contributed by atoms with van der Waals surface area (Å²) in [5, 5.41) is 7.07. The average molecular weight is 238 g/mol. The van der Waals surface area contributed by atoms with Gasteiger partial charge in [0.05, 0.1) is 12.4 Å². The molecule has 0 unspecified atom stereocenters. The molecule has 0 aromatic heterocycles. The number of hydrogen-bond donors (Lipinski definition) is 2. The predicted octanol–water partition coefficient (Wildman–Crippen LogP) is 2.89. The first-order valence-corrected chi connectivity index (χ1v) is 6.54. The van der Waals surface area contributed by atoms with Crippen LogP contribution in [-0.4, -0.2) is 18.7 Å². The first-order valence-electron chi connectivity index (χ1n) is 5.32. The van der Waals surface area contributed by atoms with E-state index in [0.29, 0.717) is 13.0 Å². The molecule has 0 amide bonds. The molecule has 0 heterocycles. The second-order valence-corrected chi connectivity index (χ2v) is 4.39. The molecule has 16 heavy (non-hydrogen) atoms. The van der Waals surface area contributed by atoms with Crippen molar-refractivity contribution in [3.63, 3.8) is 0 Å². The molecule has 0 fully saturated rings. The van der Waals surface area contributed by atoms with E-state index in [2.05, 4.69) is 18.4 Å². The quantitative estimate of drug-likeness (QED) is 0.332. The van der Waals surface area contributed by atoms with Crippen LogP contribution in [0.4, 0.5) is 0 Å². The van der Waals surface area contributed by atoms with Gasteiger partial charge in [0, 0.05) is 11.3 Å². The Labute approximate surface area is 101 Å². The second-order valence-electron chi connectivity index (χ2n) is 3.51. The first-order chi connectivity index (χ1) is 7.72. The SMILES string of the molecule is CSc1ccc(OCCCCC(=N)N)cc1. The molecule has 1 aromatic rings. The second kappa shape index (κ2) is 7.17. The maximum absolute atomic E-state index is 7.07. The molecule has 0 aliphatic heterocycles. The molecular formula is C12H18N2OS. The Morgan fingerprint density at radius 2 is 2.00 bits per heavy atom. The van der Waals surface area contributed by atoms with Crippen molar-refractivity contribution < 1.29 is 4.74 Å². The third-order valence-electron chi connectivity index (χ3n) is 2.17. The molecule has 0 atom stereocenters. The number of rotatable bonds is 7. The molecule has 0 saturated heterocycles. The summed E-state index contributed by atoms with van der Waals surface area (Å²) in [6.45, 7) is 0.686. The maximum Gasteiger partial charge on any atom is 0.119 e. The molecule has 3 N–H and O–H groups in total. The van der Waals surface area contributed by atoms with E-state index < -0.39 is 0 Å². The summed E-state index contributed by atoms with van der Waals surface area (Å²) < 4.78 is 5.57. The summed E-state index contributed by atoms with van der Waals surface area (Å²) in [4.78, 5) is 1.24. The van der Waals surface area contributed by atoms with E-state index in [1.54, 1.807) is 11.8 Å². The van der Waals surface area contributed by atoms with Gasteiger partial charge in [-0.05, 0) is 43.4 Å². The van der Waals surface area contributed by atoms with E-state index in [4.69, 9.17) is 15.9 Å². The maximum atomic E-state index is 7.07. The van der Waals surface area contributed by atoms with E-state index in [0.717, 1.165) is 18.6 Å². The van der Waals surface area contributed by atoms with Gasteiger partial charge in [-0.25, -0.2) is 0 Å². The van der Waals surface area contributed by atoms with Crippen molar-refractivity contribution in [2.24, 2.45) is 5.73 Å². The van der Waals surface area contributed by atoms with E-state index in [1.807, 2.05) is 12.1 Å². The highest BCUT2D eigenvalue weighted by Crippen LogP contribution is 2.19. The summed E-state index contributed by atoms with van der Waals surface area (Å²) in [6.07, 6.45) is 4.56. The van der Waals surface area contributed by atoms with Crippen LogP contribution in [0.2, 0.25) is 0 Å². The van der Waals surface area contributed by atoms with Crippen molar-refractivity contribution in [2.75, 3.05) is 12.9 Å². The molecule has 0 radical (unpaired) electrons. The number of hydrogen-bond acceptors (Lipinski definition) is 3. The molecule has 88 valence electrons. The van der Waals surface area contributed by atoms with Gasteiger partial charge in [0.2, 0.25) is 0 Å². The van der Waals surface area contributed by atoms with Crippen molar-refractivity contribution in [2.45, 2.75) is 24.2 Å². The average Bonchev–Trinajstić information content (AvgIpc) is 2.29. The minimum atomic E-state index is 0.254. The van der Waals surface area contributed by atoms with E-state index in [-0.39, 0.29) is 5.84 Å². The van der Waals surface area contributed by atoms with Crippen molar-refractivity contribution in [3.05, 3.63) is 24.3 Å². The zero-order chi connectivity index (χ0) is 11.8. The van der Waals surface area contributed by atoms with Crippen LogP contribution in [0.15, 0.2) is 29.2 Å². The molecular weight excluding hydrogens is 220 g/mol. The van der Waals surface area contributed by atoms with Crippen LogP contribution in [0, 0.1) is 5.41 Å². The fraction of sp³-hybridized carbons (Fsp3) is 0.417. The van der Waals surface area contributed by atoms with Gasteiger partial charge < -0.3 is 10.5 Å². The first kappa shape index (κ1) is 12.9. The van der Waals surface area contributed by atoms with Gasteiger partial charge in [-0.2, -0.15) is 0 Å². The highest BCUT2D eigenvalue weighted by molar-refractivity contribution is 7.98. The molecule has 0 spiro atoms. The molecule has 4 heteroatoms. The lowest BCUT2D eigenvalue weighted by Gasteiger charge is -2.06. The molecule has 1 aromatic carbocycles. The van der Waals surface area contributed by atoms with Gasteiger partial charge in [-0.3, -0.25) is 5.41 Å². The molecule has 0 bridgehead atoms. The fourth-order valence-electron chi connectivity index (χ4n) is 1.28. The molecule has 0 saturated carbocycles. The van der Waals surface area contributed by atoms with E-state index >= 15 is 0 Å². The minimum Gasteiger partial charge on any atom is -0.494 e. The summed E-state index contributed by atoms with van der Waals surface area (Å²) in [5.74, 6) is 1.16. The Morgan fingerprint density at radius 1 is 1.31 bits per heavy atom. The lowest BCUT2D eigenvalue weighted by molar-refractivity contribution is 0.307. The normalized spacial score (nSPS) is 10.1. The lowest BCUT2D eigenvalue weighted by atomic mass is 10.2. The summed E-state index contributed by atoms with van der Waals surface area (Å²) >= 11 is 1.72. The van der Waals surface area contributed by atoms with Crippen LogP contribution in [0.5, 0.6) is 5.75 Å². The highest BCUT2D eigenvalue weighted by Gasteiger charge is 1.95. The number of ether oxygens (including phenoxy) is 1. The number of unbranched alkanes of at least 4 members (excludes halogenated alkanes) is 1. The van der Waals surface area contributed by atoms with E-state index in [1.165, 1.54) is 4.90 Å². The topological polar surface area (TPSA) is 59.1 Å². The predicted molar refractivity (Wildman–Crippen MR) is 69.5 cm³/mol. The van der Waals surface area contributed by atoms with Crippen LogP contribution < -0.4 is 10.5 Å². The van der Waals surface area contributed by atoms with Crippen LogP contribution in [0.3, 0.4) is 0 Å². The molecule has 0 aliphatic rings. The van der Waals surface area contributed by atoms with Crippen LogP contribution in [0.1, 0.15) is 19.3 Å². The number of amidine groups is 1. The Morgan fingerprint density at radius 3 is 2.56 bits per heavy atom. The zero-order valence-corrected chi connectivity index (χ0v) is 10.3. The van der Waals surface area contributed by atoms with Gasteiger partial charge >= 0.3 is 0 Å². The van der Waals surface area contributed by atoms with Crippen LogP contribution >= 0.6 is 11.8 Å². The van der Waals surface area contributed by atoms with Crippen molar-refractivity contribution in [1.29, 1.82) is 5.41 Å². The highest BCUT2D eigenvalue weighted by atomic mass is 32.2. The van der Waals surface area contributed by atoms with Crippen LogP contribution in [0.25, 0.3) is 0 Å². The number of nitrogens with one attached hydrogen (secondary N) is 1. The molecule has 1 rings (SSSR count). The van der Waals surface area contributed by atoms with Crippen molar-refractivity contribution in [3.8, 4) is 5.75 Å². The number of benzene rings is 1. The Balaban J connectivity index is 2.19.